The lowest BCUT2D eigenvalue weighted by Gasteiger charge is -2.36. The SMILES string of the molecule is O=C(O)Oc1cc(OC(=O)O)c(C(=O)N(Cc2cccc(Oc3ncccn3)c2)[C@H]2CCCc3ccccc32)cc1OC(=O)O. The van der Waals surface area contributed by atoms with Gasteiger partial charge in [-0.25, -0.2) is 24.4 Å². The van der Waals surface area contributed by atoms with Gasteiger partial charge in [-0.3, -0.25) is 4.79 Å². The molecule has 3 aromatic carbocycles. The maximum Gasteiger partial charge on any atom is 0.511 e. The summed E-state index contributed by atoms with van der Waals surface area (Å²) in [6.45, 7) is -0.000307. The first kappa shape index (κ1) is 30.3. The van der Waals surface area contributed by atoms with Gasteiger partial charge in [0.05, 0.1) is 11.6 Å². The average molecular weight is 616 g/mol. The number of benzene rings is 3. The maximum absolute atomic E-state index is 14.4. The number of carbonyl (C=O) groups excluding carboxylic acids is 1. The number of carboxylic acid groups (broad SMARTS) is 3. The second-order valence-electron chi connectivity index (χ2n) is 9.72. The van der Waals surface area contributed by atoms with E-state index in [9.17, 15) is 29.4 Å². The van der Waals surface area contributed by atoms with E-state index in [0.29, 0.717) is 17.7 Å². The van der Waals surface area contributed by atoms with Crippen molar-refractivity contribution in [3.63, 3.8) is 0 Å². The quantitative estimate of drug-likeness (QED) is 0.143. The molecule has 0 radical (unpaired) electrons. The van der Waals surface area contributed by atoms with E-state index in [1.807, 2.05) is 24.3 Å². The van der Waals surface area contributed by atoms with E-state index in [1.165, 1.54) is 17.3 Å². The summed E-state index contributed by atoms with van der Waals surface area (Å²) < 4.78 is 19.9. The Kier molecular flexibility index (Phi) is 9.03. The lowest BCUT2D eigenvalue weighted by molar-refractivity contribution is 0.0633. The van der Waals surface area contributed by atoms with Crippen molar-refractivity contribution in [1.29, 1.82) is 0 Å². The summed E-state index contributed by atoms with van der Waals surface area (Å²) in [5, 5.41) is 27.8. The molecule has 45 heavy (non-hydrogen) atoms. The van der Waals surface area contributed by atoms with Gasteiger partial charge >= 0.3 is 24.5 Å². The van der Waals surface area contributed by atoms with E-state index in [4.69, 9.17) is 19.3 Å². The summed E-state index contributed by atoms with van der Waals surface area (Å²) in [4.78, 5) is 58.3. The van der Waals surface area contributed by atoms with E-state index in [2.05, 4.69) is 14.7 Å². The number of aryl methyl sites for hydroxylation is 1. The van der Waals surface area contributed by atoms with Crippen molar-refractivity contribution in [2.45, 2.75) is 31.8 Å². The van der Waals surface area contributed by atoms with Crippen molar-refractivity contribution in [2.75, 3.05) is 0 Å². The lowest BCUT2D eigenvalue weighted by atomic mass is 9.86. The third-order valence-electron chi connectivity index (χ3n) is 6.85. The topological polar surface area (TPSA) is 195 Å². The van der Waals surface area contributed by atoms with E-state index in [0.717, 1.165) is 36.1 Å². The number of rotatable bonds is 9. The molecular weight excluding hydrogens is 590 g/mol. The molecule has 3 N–H and O–H groups in total. The monoisotopic (exact) mass is 615 g/mol. The molecule has 5 rings (SSSR count). The molecular formula is C31H25N3O11. The van der Waals surface area contributed by atoms with Crippen LogP contribution in [0.25, 0.3) is 0 Å². The Labute approximate surface area is 255 Å². The van der Waals surface area contributed by atoms with E-state index < -0.39 is 53.2 Å². The zero-order chi connectivity index (χ0) is 31.9. The third kappa shape index (κ3) is 7.43. The van der Waals surface area contributed by atoms with Gasteiger partial charge in [-0.15, -0.1) is 0 Å². The minimum Gasteiger partial charge on any atom is -0.449 e. The van der Waals surface area contributed by atoms with Crippen molar-refractivity contribution in [2.24, 2.45) is 0 Å². The highest BCUT2D eigenvalue weighted by atomic mass is 16.7. The number of carbonyl (C=O) groups is 4. The van der Waals surface area contributed by atoms with Crippen LogP contribution in [0.1, 0.15) is 45.9 Å². The predicted octanol–water partition coefficient (Wildman–Crippen LogP) is 6.16. The number of fused-ring (bicyclic) bond motifs is 1. The zero-order valence-corrected chi connectivity index (χ0v) is 23.4. The van der Waals surface area contributed by atoms with Crippen LogP contribution in [0, 0.1) is 0 Å². The summed E-state index contributed by atoms with van der Waals surface area (Å²) in [5.74, 6) is -2.29. The van der Waals surface area contributed by atoms with Crippen molar-refractivity contribution in [3.05, 3.63) is 101 Å². The predicted molar refractivity (Wildman–Crippen MR) is 153 cm³/mol. The van der Waals surface area contributed by atoms with Gasteiger partial charge in [-0.2, -0.15) is 0 Å². The van der Waals surface area contributed by atoms with Crippen LogP contribution in [0.5, 0.6) is 29.0 Å². The highest BCUT2D eigenvalue weighted by Crippen LogP contribution is 2.40. The summed E-state index contributed by atoms with van der Waals surface area (Å²) >= 11 is 0. The Morgan fingerprint density at radius 1 is 0.778 bits per heavy atom. The van der Waals surface area contributed by atoms with Crippen LogP contribution in [-0.4, -0.2) is 54.6 Å². The lowest BCUT2D eigenvalue weighted by Crippen LogP contribution is -2.36. The number of ether oxygens (including phenoxy) is 4. The molecule has 0 saturated heterocycles. The Morgan fingerprint density at radius 2 is 1.44 bits per heavy atom. The fourth-order valence-electron chi connectivity index (χ4n) is 5.11. The molecule has 0 bridgehead atoms. The molecule has 1 atom stereocenters. The van der Waals surface area contributed by atoms with Crippen LogP contribution in [0.4, 0.5) is 14.4 Å². The fourth-order valence-corrected chi connectivity index (χ4v) is 5.11. The molecule has 4 aromatic rings. The van der Waals surface area contributed by atoms with Gasteiger partial charge < -0.3 is 39.2 Å². The molecule has 14 nitrogen and oxygen atoms in total. The Hall–Kier alpha value is -6.18. The molecule has 0 fully saturated rings. The van der Waals surface area contributed by atoms with E-state index >= 15 is 0 Å². The highest BCUT2D eigenvalue weighted by molar-refractivity contribution is 5.99. The van der Waals surface area contributed by atoms with Gasteiger partial charge in [-0.05, 0) is 54.2 Å². The molecule has 1 aliphatic rings. The largest absolute Gasteiger partial charge is 0.511 e. The van der Waals surface area contributed by atoms with Gasteiger partial charge in [0.2, 0.25) is 0 Å². The fraction of sp³-hybridized carbons (Fsp3) is 0.161. The molecule has 0 spiro atoms. The van der Waals surface area contributed by atoms with Crippen molar-refractivity contribution in [1.82, 2.24) is 14.9 Å². The first-order chi connectivity index (χ1) is 21.7. The van der Waals surface area contributed by atoms with Gasteiger partial charge in [0.1, 0.15) is 5.75 Å². The Balaban J connectivity index is 1.60. The zero-order valence-electron chi connectivity index (χ0n) is 23.4. The molecule has 1 aliphatic carbocycles. The molecule has 1 heterocycles. The van der Waals surface area contributed by atoms with Gasteiger partial charge in [-0.1, -0.05) is 36.4 Å². The molecule has 0 saturated carbocycles. The minimum absolute atomic E-state index is 0.000307. The first-order valence-electron chi connectivity index (χ1n) is 13.5. The van der Waals surface area contributed by atoms with Crippen LogP contribution in [-0.2, 0) is 13.0 Å². The molecule has 1 amide bonds. The van der Waals surface area contributed by atoms with Gasteiger partial charge in [0.15, 0.2) is 17.2 Å². The number of hydrogen-bond donors (Lipinski definition) is 3. The molecule has 230 valence electrons. The second-order valence-corrected chi connectivity index (χ2v) is 9.72. The summed E-state index contributed by atoms with van der Waals surface area (Å²) in [6, 6.07) is 17.4. The van der Waals surface area contributed by atoms with Crippen LogP contribution in [0.3, 0.4) is 0 Å². The number of hydrogen-bond acceptors (Lipinski definition) is 10. The van der Waals surface area contributed by atoms with Crippen molar-refractivity contribution < 1.29 is 53.4 Å². The van der Waals surface area contributed by atoms with Crippen LogP contribution in [0.15, 0.2) is 79.1 Å². The third-order valence-corrected chi connectivity index (χ3v) is 6.85. The molecule has 0 unspecified atom stereocenters. The van der Waals surface area contributed by atoms with E-state index in [-0.39, 0.29) is 12.6 Å². The average Bonchev–Trinajstić information content (AvgIpc) is 3.00. The minimum atomic E-state index is -1.84. The molecule has 1 aromatic heterocycles. The van der Waals surface area contributed by atoms with Crippen molar-refractivity contribution in [3.8, 4) is 29.0 Å². The number of aromatic nitrogens is 2. The second kappa shape index (κ2) is 13.4. The maximum atomic E-state index is 14.4. The summed E-state index contributed by atoms with van der Waals surface area (Å²) in [6.07, 6.45) is -0.318. The van der Waals surface area contributed by atoms with Gasteiger partial charge in [0, 0.05) is 31.1 Å². The summed E-state index contributed by atoms with van der Waals surface area (Å²) in [7, 11) is 0. The number of amides is 1. The molecule has 14 heteroatoms. The Morgan fingerprint density at radius 3 is 2.16 bits per heavy atom. The standard InChI is InChI=1S/C31H25N3O11/c35-27(22-15-25(44-30(38)39)26(45-31(40)41)16-24(22)43-29(36)37)34(23-11-4-8-19-7-1-2-10-21(19)23)17-18-6-3-9-20(14-18)42-28-32-12-5-13-33-28/h1-3,5-7,9-10,12-16,23H,4,8,11,17H2,(H,36,37)(H,38,39)(H,40,41)/t23-/m0/s1. The Bertz CT molecular complexity index is 1750. The highest BCUT2D eigenvalue weighted by Gasteiger charge is 2.33. The van der Waals surface area contributed by atoms with Crippen LogP contribution in [0.2, 0.25) is 0 Å². The first-order valence-corrected chi connectivity index (χ1v) is 13.5. The normalized spacial score (nSPS) is 13.6. The van der Waals surface area contributed by atoms with Crippen molar-refractivity contribution >= 4 is 24.4 Å². The van der Waals surface area contributed by atoms with Crippen LogP contribution >= 0.6 is 0 Å². The number of nitrogens with zero attached hydrogens (tertiary/aromatic N) is 3. The smallest absolute Gasteiger partial charge is 0.449 e. The van der Waals surface area contributed by atoms with E-state index in [1.54, 1.807) is 30.3 Å². The van der Waals surface area contributed by atoms with Gasteiger partial charge in [0.25, 0.3) is 5.91 Å². The van der Waals surface area contributed by atoms with Crippen LogP contribution < -0.4 is 18.9 Å². The molecule has 0 aliphatic heterocycles. The summed E-state index contributed by atoms with van der Waals surface area (Å²) in [5.41, 5.74) is 2.15.